The van der Waals surface area contributed by atoms with Gasteiger partial charge in [-0.2, -0.15) is 0 Å². The van der Waals surface area contributed by atoms with Crippen LogP contribution in [0.4, 0.5) is 11.4 Å². The van der Waals surface area contributed by atoms with Crippen molar-refractivity contribution in [2.24, 2.45) is 0 Å². The van der Waals surface area contributed by atoms with Gasteiger partial charge in [0.05, 0.1) is 11.0 Å². The van der Waals surface area contributed by atoms with Crippen molar-refractivity contribution < 1.29 is 25.0 Å². The summed E-state index contributed by atoms with van der Waals surface area (Å²) in [5.41, 5.74) is 0.250. The Kier molecular flexibility index (Phi) is 5.98. The molecule has 1 fully saturated rings. The number of hydrogen-bond acceptors (Lipinski definition) is 8. The van der Waals surface area contributed by atoms with E-state index in [0.717, 1.165) is 4.90 Å². The van der Waals surface area contributed by atoms with E-state index in [-0.39, 0.29) is 5.69 Å². The van der Waals surface area contributed by atoms with Crippen LogP contribution in [-0.4, -0.2) is 50.9 Å². The molecule has 2 aromatic rings. The van der Waals surface area contributed by atoms with E-state index in [1.165, 1.54) is 23.9 Å². The highest BCUT2D eigenvalue weighted by Gasteiger charge is 2.41. The second-order valence-electron chi connectivity index (χ2n) is 6.27. The van der Waals surface area contributed by atoms with Crippen molar-refractivity contribution >= 4 is 23.1 Å². The van der Waals surface area contributed by atoms with Crippen LogP contribution in [0.15, 0.2) is 58.3 Å². The predicted octanol–water partition coefficient (Wildman–Crippen LogP) is 1.99. The number of ether oxygens (including phenoxy) is 1. The lowest BCUT2D eigenvalue weighted by Gasteiger charge is -2.39. The summed E-state index contributed by atoms with van der Waals surface area (Å²) >= 11 is 1.36. The Bertz CT molecular complexity index is 806. The quantitative estimate of drug-likeness (QED) is 0.450. The molecule has 8 nitrogen and oxygen atoms in total. The van der Waals surface area contributed by atoms with E-state index in [9.17, 15) is 25.4 Å². The maximum atomic E-state index is 11.3. The first-order valence-corrected chi connectivity index (χ1v) is 9.15. The lowest BCUT2D eigenvalue weighted by atomic mass is 9.99. The Labute approximate surface area is 159 Å². The molecule has 0 aromatic heterocycles. The summed E-state index contributed by atoms with van der Waals surface area (Å²) in [5, 5.41) is 44.0. The van der Waals surface area contributed by atoms with E-state index in [1.807, 2.05) is 30.3 Å². The SMILES string of the molecule is C[C@@H]1O[C@@H](Nc2cc(Sc3ccccc3)cc([N+](=O)[O-])c2)[C@@H](O)[C@@H](O)[C@@H]1O. The molecule has 3 rings (SSSR count). The van der Waals surface area contributed by atoms with Crippen LogP contribution in [0.5, 0.6) is 0 Å². The zero-order chi connectivity index (χ0) is 19.6. The Hall–Kier alpha value is -2.17. The van der Waals surface area contributed by atoms with Gasteiger partial charge in [-0.25, -0.2) is 0 Å². The zero-order valence-corrected chi connectivity index (χ0v) is 15.2. The molecule has 4 N–H and O–H groups in total. The molecule has 1 aliphatic rings. The molecule has 0 amide bonds. The molecule has 0 saturated carbocycles. The van der Waals surface area contributed by atoms with Crippen LogP contribution in [0.25, 0.3) is 0 Å². The van der Waals surface area contributed by atoms with Crippen molar-refractivity contribution in [1.29, 1.82) is 0 Å². The number of aliphatic hydroxyl groups excluding tert-OH is 3. The minimum Gasteiger partial charge on any atom is -0.388 e. The van der Waals surface area contributed by atoms with Gasteiger partial charge in [0.25, 0.3) is 5.69 Å². The zero-order valence-electron chi connectivity index (χ0n) is 14.4. The summed E-state index contributed by atoms with van der Waals surface area (Å²) in [6.07, 6.45) is -5.72. The molecule has 1 aliphatic heterocycles. The standard InChI is InChI=1S/C18H20N2O6S/c1-10-15(21)16(22)17(23)18(26-10)19-11-7-12(20(24)25)9-14(8-11)27-13-5-3-2-4-6-13/h2-10,15-19,21-23H,1H3/t10-,15+,16-,17-,18+/m0/s1. The molecular weight excluding hydrogens is 372 g/mol. The van der Waals surface area contributed by atoms with Gasteiger partial charge in [-0.3, -0.25) is 10.1 Å². The monoisotopic (exact) mass is 392 g/mol. The first kappa shape index (κ1) is 19.6. The van der Waals surface area contributed by atoms with Crippen molar-refractivity contribution in [3.8, 4) is 0 Å². The van der Waals surface area contributed by atoms with Gasteiger partial charge in [0, 0.05) is 27.6 Å². The van der Waals surface area contributed by atoms with Crippen molar-refractivity contribution in [3.63, 3.8) is 0 Å². The summed E-state index contributed by atoms with van der Waals surface area (Å²) in [6, 6.07) is 13.9. The van der Waals surface area contributed by atoms with Crippen LogP contribution < -0.4 is 5.32 Å². The number of hydrogen-bond donors (Lipinski definition) is 4. The van der Waals surface area contributed by atoms with Gasteiger partial charge < -0.3 is 25.4 Å². The molecule has 0 unspecified atom stereocenters. The van der Waals surface area contributed by atoms with Crippen LogP contribution in [0, 0.1) is 10.1 Å². The molecule has 1 heterocycles. The Morgan fingerprint density at radius 3 is 2.41 bits per heavy atom. The van der Waals surface area contributed by atoms with Crippen LogP contribution >= 0.6 is 11.8 Å². The first-order valence-electron chi connectivity index (χ1n) is 8.34. The van der Waals surface area contributed by atoms with Gasteiger partial charge in [0.2, 0.25) is 0 Å². The van der Waals surface area contributed by atoms with Crippen molar-refractivity contribution in [2.45, 2.75) is 47.4 Å². The van der Waals surface area contributed by atoms with E-state index >= 15 is 0 Å². The van der Waals surface area contributed by atoms with E-state index < -0.39 is 35.6 Å². The highest BCUT2D eigenvalue weighted by atomic mass is 32.2. The third-order valence-electron chi connectivity index (χ3n) is 4.24. The topological polar surface area (TPSA) is 125 Å². The molecule has 1 saturated heterocycles. The summed E-state index contributed by atoms with van der Waals surface area (Å²) in [7, 11) is 0. The molecule has 0 radical (unpaired) electrons. The maximum Gasteiger partial charge on any atom is 0.272 e. The average Bonchev–Trinajstić information content (AvgIpc) is 2.65. The van der Waals surface area contributed by atoms with E-state index in [0.29, 0.717) is 10.6 Å². The molecule has 144 valence electrons. The predicted molar refractivity (Wildman–Crippen MR) is 99.6 cm³/mol. The third kappa shape index (κ3) is 4.57. The summed E-state index contributed by atoms with van der Waals surface area (Å²) < 4.78 is 5.50. The van der Waals surface area contributed by atoms with Gasteiger partial charge in [-0.15, -0.1) is 0 Å². The van der Waals surface area contributed by atoms with E-state index in [2.05, 4.69) is 5.32 Å². The second-order valence-corrected chi connectivity index (χ2v) is 7.41. The molecule has 9 heteroatoms. The fraction of sp³-hybridized carbons (Fsp3) is 0.333. The summed E-state index contributed by atoms with van der Waals surface area (Å²) in [5.74, 6) is 0. The van der Waals surface area contributed by atoms with Gasteiger partial charge in [-0.1, -0.05) is 30.0 Å². The third-order valence-corrected chi connectivity index (χ3v) is 5.22. The van der Waals surface area contributed by atoms with Crippen LogP contribution in [0.1, 0.15) is 6.92 Å². The highest BCUT2D eigenvalue weighted by molar-refractivity contribution is 7.99. The normalized spacial score (nSPS) is 27.9. The van der Waals surface area contributed by atoms with Crippen LogP contribution in [0.2, 0.25) is 0 Å². The smallest absolute Gasteiger partial charge is 0.272 e. The Balaban J connectivity index is 1.85. The lowest BCUT2D eigenvalue weighted by Crippen LogP contribution is -2.58. The van der Waals surface area contributed by atoms with Crippen molar-refractivity contribution in [2.75, 3.05) is 5.32 Å². The molecular formula is C18H20N2O6S. The van der Waals surface area contributed by atoms with Crippen LogP contribution in [-0.2, 0) is 4.74 Å². The second kappa shape index (κ2) is 8.24. The molecule has 0 bridgehead atoms. The van der Waals surface area contributed by atoms with Crippen molar-refractivity contribution in [1.82, 2.24) is 0 Å². The maximum absolute atomic E-state index is 11.3. The Morgan fingerprint density at radius 1 is 1.04 bits per heavy atom. The largest absolute Gasteiger partial charge is 0.388 e. The number of anilines is 1. The van der Waals surface area contributed by atoms with E-state index in [1.54, 1.807) is 13.0 Å². The van der Waals surface area contributed by atoms with Gasteiger partial charge in [0.1, 0.15) is 18.3 Å². The lowest BCUT2D eigenvalue weighted by molar-refractivity contribution is -0.385. The van der Waals surface area contributed by atoms with Gasteiger partial charge in [-0.05, 0) is 25.1 Å². The van der Waals surface area contributed by atoms with Gasteiger partial charge in [0.15, 0.2) is 6.23 Å². The number of aliphatic hydroxyl groups is 3. The minimum atomic E-state index is -1.39. The minimum absolute atomic E-state index is 0.114. The molecule has 0 aliphatic carbocycles. The summed E-state index contributed by atoms with van der Waals surface area (Å²) in [6.45, 7) is 1.57. The fourth-order valence-electron chi connectivity index (χ4n) is 2.79. The molecule has 0 spiro atoms. The van der Waals surface area contributed by atoms with E-state index in [4.69, 9.17) is 4.74 Å². The summed E-state index contributed by atoms with van der Waals surface area (Å²) in [4.78, 5) is 12.3. The molecule has 5 atom stereocenters. The van der Waals surface area contributed by atoms with Gasteiger partial charge >= 0.3 is 0 Å². The molecule has 27 heavy (non-hydrogen) atoms. The number of non-ortho nitro benzene ring substituents is 1. The average molecular weight is 392 g/mol. The number of benzene rings is 2. The number of nitro benzene ring substituents is 1. The van der Waals surface area contributed by atoms with Crippen LogP contribution in [0.3, 0.4) is 0 Å². The van der Waals surface area contributed by atoms with Crippen molar-refractivity contribution in [3.05, 3.63) is 58.6 Å². The first-order chi connectivity index (χ1) is 12.8. The highest BCUT2D eigenvalue weighted by Crippen LogP contribution is 2.33. The Morgan fingerprint density at radius 2 is 1.74 bits per heavy atom. The number of nitrogens with one attached hydrogen (secondary N) is 1. The molecule has 2 aromatic carbocycles. The number of nitrogens with zero attached hydrogens (tertiary/aromatic N) is 1. The number of rotatable bonds is 5. The number of nitro groups is 1. The fourth-order valence-corrected chi connectivity index (χ4v) is 3.72.